The molecule has 5 nitrogen and oxygen atoms in total. The number of nitrogens with zero attached hydrogens (tertiary/aromatic N) is 2. The van der Waals surface area contributed by atoms with Gasteiger partial charge in [0.25, 0.3) is 5.91 Å². The Hall–Kier alpha value is -1.85. The summed E-state index contributed by atoms with van der Waals surface area (Å²) < 4.78 is 5.50. The smallest absolute Gasteiger partial charge is 0.273 e. The van der Waals surface area contributed by atoms with Gasteiger partial charge in [0.15, 0.2) is 5.69 Å². The zero-order valence-electron chi connectivity index (χ0n) is 14.0. The van der Waals surface area contributed by atoms with Gasteiger partial charge in [-0.15, -0.1) is 0 Å². The van der Waals surface area contributed by atoms with Crippen molar-refractivity contribution in [1.29, 1.82) is 0 Å². The molecule has 1 aromatic heterocycles. The molecule has 1 fully saturated rings. The fourth-order valence-corrected chi connectivity index (χ4v) is 2.79. The van der Waals surface area contributed by atoms with Crippen LogP contribution in [-0.2, 0) is 13.1 Å². The molecule has 0 atom stereocenters. The lowest BCUT2D eigenvalue weighted by atomic mass is 10.2. The van der Waals surface area contributed by atoms with Crippen molar-refractivity contribution in [3.8, 4) is 0 Å². The number of aromatic nitrogens is 1. The van der Waals surface area contributed by atoms with E-state index < -0.39 is 0 Å². The van der Waals surface area contributed by atoms with E-state index in [0.717, 1.165) is 17.1 Å². The van der Waals surface area contributed by atoms with Gasteiger partial charge in [0.2, 0.25) is 5.89 Å². The minimum absolute atomic E-state index is 0.0702. The van der Waals surface area contributed by atoms with Gasteiger partial charge in [0.1, 0.15) is 6.26 Å². The van der Waals surface area contributed by atoms with Gasteiger partial charge in [-0.25, -0.2) is 4.98 Å². The molecule has 0 unspecified atom stereocenters. The SMILES string of the molecule is CC(C)NC(=O)c1coc(CN(Cc2ccccc2Cl)C2CC2)n1. The van der Waals surface area contributed by atoms with Gasteiger partial charge in [-0.2, -0.15) is 0 Å². The number of carbonyl (C=O) groups excluding carboxylic acids is 1. The predicted octanol–water partition coefficient (Wildman–Crippen LogP) is 3.63. The second kappa shape index (κ2) is 7.36. The van der Waals surface area contributed by atoms with Gasteiger partial charge in [-0.1, -0.05) is 29.8 Å². The number of halogens is 1. The van der Waals surface area contributed by atoms with Crippen LogP contribution in [0.25, 0.3) is 0 Å². The minimum Gasteiger partial charge on any atom is -0.447 e. The molecule has 1 amide bonds. The molecule has 128 valence electrons. The topological polar surface area (TPSA) is 58.4 Å². The molecule has 0 spiro atoms. The van der Waals surface area contributed by atoms with Crippen molar-refractivity contribution in [2.24, 2.45) is 0 Å². The summed E-state index contributed by atoms with van der Waals surface area (Å²) in [6.45, 7) is 5.15. The van der Waals surface area contributed by atoms with E-state index in [-0.39, 0.29) is 11.9 Å². The highest BCUT2D eigenvalue weighted by atomic mass is 35.5. The van der Waals surface area contributed by atoms with Crippen LogP contribution in [0.2, 0.25) is 5.02 Å². The maximum absolute atomic E-state index is 12.0. The number of amides is 1. The maximum Gasteiger partial charge on any atom is 0.273 e. The van der Waals surface area contributed by atoms with Crippen LogP contribution < -0.4 is 5.32 Å². The molecule has 1 aliphatic rings. The van der Waals surface area contributed by atoms with Gasteiger partial charge in [-0.3, -0.25) is 9.69 Å². The standard InChI is InChI=1S/C18H22ClN3O2/c1-12(2)20-18(23)16-11-24-17(21-16)10-22(14-7-8-14)9-13-5-3-4-6-15(13)19/h3-6,11-12,14H,7-10H2,1-2H3,(H,20,23). The Morgan fingerprint density at radius 2 is 2.12 bits per heavy atom. The quantitative estimate of drug-likeness (QED) is 0.830. The van der Waals surface area contributed by atoms with Crippen molar-refractivity contribution < 1.29 is 9.21 Å². The van der Waals surface area contributed by atoms with Gasteiger partial charge < -0.3 is 9.73 Å². The van der Waals surface area contributed by atoms with Crippen LogP contribution in [0.4, 0.5) is 0 Å². The molecule has 1 heterocycles. The fraction of sp³-hybridized carbons (Fsp3) is 0.444. The number of oxazole rings is 1. The number of carbonyl (C=O) groups is 1. The van der Waals surface area contributed by atoms with Gasteiger partial charge in [-0.05, 0) is 38.3 Å². The summed E-state index contributed by atoms with van der Waals surface area (Å²) in [5, 5.41) is 3.59. The summed E-state index contributed by atoms with van der Waals surface area (Å²) in [6.07, 6.45) is 3.77. The molecule has 3 rings (SSSR count). The molecule has 24 heavy (non-hydrogen) atoms. The van der Waals surface area contributed by atoms with E-state index >= 15 is 0 Å². The monoisotopic (exact) mass is 347 g/mol. The first kappa shape index (κ1) is 17.0. The van der Waals surface area contributed by atoms with Crippen LogP contribution in [0.5, 0.6) is 0 Å². The lowest BCUT2D eigenvalue weighted by molar-refractivity contribution is 0.0938. The third kappa shape index (κ3) is 4.36. The van der Waals surface area contributed by atoms with Crippen LogP contribution >= 0.6 is 11.6 Å². The van der Waals surface area contributed by atoms with Crippen LogP contribution in [0.15, 0.2) is 34.9 Å². The molecular weight excluding hydrogens is 326 g/mol. The van der Waals surface area contributed by atoms with E-state index in [2.05, 4.69) is 15.2 Å². The van der Waals surface area contributed by atoms with Crippen LogP contribution in [0.3, 0.4) is 0 Å². The summed E-state index contributed by atoms with van der Waals surface area (Å²) in [5.74, 6) is 0.354. The van der Waals surface area contributed by atoms with Crippen molar-refractivity contribution in [2.75, 3.05) is 0 Å². The van der Waals surface area contributed by atoms with Crippen LogP contribution in [0, 0.1) is 0 Å². The third-order valence-corrected chi connectivity index (χ3v) is 4.31. The van der Waals surface area contributed by atoms with Gasteiger partial charge >= 0.3 is 0 Å². The first-order chi connectivity index (χ1) is 11.5. The second-order valence-corrected chi connectivity index (χ2v) is 6.89. The maximum atomic E-state index is 12.0. The molecule has 2 aromatic rings. The Labute approximate surface area is 147 Å². The first-order valence-electron chi connectivity index (χ1n) is 8.25. The van der Waals surface area contributed by atoms with Crippen LogP contribution in [0.1, 0.15) is 48.6 Å². The highest BCUT2D eigenvalue weighted by Crippen LogP contribution is 2.31. The van der Waals surface area contributed by atoms with Crippen molar-refractivity contribution in [3.63, 3.8) is 0 Å². The molecule has 1 aromatic carbocycles. The van der Waals surface area contributed by atoms with E-state index in [0.29, 0.717) is 24.2 Å². The lowest BCUT2D eigenvalue weighted by Crippen LogP contribution is -2.30. The number of rotatable bonds is 7. The summed E-state index contributed by atoms with van der Waals surface area (Å²) >= 11 is 6.27. The van der Waals surface area contributed by atoms with Crippen molar-refractivity contribution in [3.05, 3.63) is 52.7 Å². The minimum atomic E-state index is -0.205. The molecule has 1 N–H and O–H groups in total. The second-order valence-electron chi connectivity index (χ2n) is 6.48. The van der Waals surface area contributed by atoms with E-state index in [4.69, 9.17) is 16.0 Å². The normalized spacial score (nSPS) is 14.4. The highest BCUT2D eigenvalue weighted by Gasteiger charge is 2.30. The average molecular weight is 348 g/mol. The average Bonchev–Trinajstić information content (AvgIpc) is 3.27. The summed E-state index contributed by atoms with van der Waals surface area (Å²) in [7, 11) is 0. The first-order valence-corrected chi connectivity index (χ1v) is 8.63. The highest BCUT2D eigenvalue weighted by molar-refractivity contribution is 6.31. The van der Waals surface area contributed by atoms with Gasteiger partial charge in [0.05, 0.1) is 6.54 Å². The molecule has 0 radical (unpaired) electrons. The van der Waals surface area contributed by atoms with Crippen LogP contribution in [-0.4, -0.2) is 27.9 Å². The Balaban J connectivity index is 1.67. The number of nitrogens with one attached hydrogen (secondary N) is 1. The van der Waals surface area contributed by atoms with Crippen molar-refractivity contribution in [2.45, 2.75) is 51.9 Å². The third-order valence-electron chi connectivity index (χ3n) is 3.94. The Bertz CT molecular complexity index is 710. The van der Waals surface area contributed by atoms with Crippen molar-refractivity contribution in [1.82, 2.24) is 15.2 Å². The number of hydrogen-bond acceptors (Lipinski definition) is 4. The summed E-state index contributed by atoms with van der Waals surface area (Å²) in [6, 6.07) is 8.46. The molecule has 0 saturated heterocycles. The summed E-state index contributed by atoms with van der Waals surface area (Å²) in [4.78, 5) is 18.6. The Morgan fingerprint density at radius 3 is 2.79 bits per heavy atom. The van der Waals surface area contributed by atoms with E-state index in [1.807, 2.05) is 38.1 Å². The Kier molecular flexibility index (Phi) is 5.21. The summed E-state index contributed by atoms with van der Waals surface area (Å²) in [5.41, 5.74) is 1.42. The zero-order chi connectivity index (χ0) is 17.1. The van der Waals surface area contributed by atoms with Crippen molar-refractivity contribution >= 4 is 17.5 Å². The fourth-order valence-electron chi connectivity index (χ4n) is 2.60. The Morgan fingerprint density at radius 1 is 1.38 bits per heavy atom. The number of benzene rings is 1. The van der Waals surface area contributed by atoms with E-state index in [1.165, 1.54) is 19.1 Å². The largest absolute Gasteiger partial charge is 0.447 e. The predicted molar refractivity (Wildman–Crippen MR) is 92.8 cm³/mol. The molecule has 1 aliphatic carbocycles. The number of hydrogen-bond donors (Lipinski definition) is 1. The van der Waals surface area contributed by atoms with E-state index in [9.17, 15) is 4.79 Å². The molecule has 1 saturated carbocycles. The van der Waals surface area contributed by atoms with E-state index in [1.54, 1.807) is 0 Å². The zero-order valence-corrected chi connectivity index (χ0v) is 14.7. The van der Waals surface area contributed by atoms with Gasteiger partial charge in [0, 0.05) is 23.7 Å². The molecule has 0 bridgehead atoms. The molecule has 0 aliphatic heterocycles. The molecule has 6 heteroatoms. The lowest BCUT2D eigenvalue weighted by Gasteiger charge is -2.20. The molecular formula is C18H22ClN3O2.